The van der Waals surface area contributed by atoms with E-state index in [9.17, 15) is 14.7 Å². The van der Waals surface area contributed by atoms with Gasteiger partial charge in [0, 0.05) is 11.0 Å². The van der Waals surface area contributed by atoms with Gasteiger partial charge in [0.05, 0.1) is 11.4 Å². The third kappa shape index (κ3) is 3.06. The molecular weight excluding hydrogens is 376 g/mol. The number of carboxylic acid groups (broad SMARTS) is 1. The lowest BCUT2D eigenvalue weighted by atomic mass is 10.0. The quantitative estimate of drug-likeness (QED) is 0.866. The van der Waals surface area contributed by atoms with Gasteiger partial charge in [-0.05, 0) is 44.4 Å². The van der Waals surface area contributed by atoms with Gasteiger partial charge in [-0.3, -0.25) is 4.79 Å². The molecule has 1 saturated heterocycles. The van der Waals surface area contributed by atoms with E-state index >= 15 is 0 Å². The smallest absolute Gasteiger partial charge is 0.326 e. The number of carbonyl (C=O) groups is 2. The summed E-state index contributed by atoms with van der Waals surface area (Å²) >= 11 is 3.40. The minimum atomic E-state index is -0.972. The average Bonchev–Trinajstić information content (AvgIpc) is 2.95. The molecule has 7 nitrogen and oxygen atoms in total. The number of rotatable bonds is 3. The highest BCUT2D eigenvalue weighted by Crippen LogP contribution is 2.22. The van der Waals surface area contributed by atoms with Crippen LogP contribution in [0.4, 0.5) is 0 Å². The fourth-order valence-electron chi connectivity index (χ4n) is 2.95. The van der Waals surface area contributed by atoms with Crippen LogP contribution in [0.15, 0.2) is 28.7 Å². The van der Waals surface area contributed by atoms with Crippen LogP contribution >= 0.6 is 15.9 Å². The predicted octanol–water partition coefficient (Wildman–Crippen LogP) is 2.42. The summed E-state index contributed by atoms with van der Waals surface area (Å²) in [6, 6.07) is 6.71. The van der Waals surface area contributed by atoms with Crippen LogP contribution < -0.4 is 0 Å². The van der Waals surface area contributed by atoms with Crippen LogP contribution in [0.1, 0.15) is 35.4 Å². The van der Waals surface area contributed by atoms with E-state index in [-0.39, 0.29) is 11.6 Å². The third-order valence-electron chi connectivity index (χ3n) is 4.20. The topological polar surface area (TPSA) is 88.3 Å². The Labute approximate surface area is 147 Å². The number of carbonyl (C=O) groups excluding carboxylic acids is 1. The van der Waals surface area contributed by atoms with Crippen LogP contribution in [0.2, 0.25) is 0 Å². The van der Waals surface area contributed by atoms with Gasteiger partial charge >= 0.3 is 5.97 Å². The van der Waals surface area contributed by atoms with E-state index in [0.717, 1.165) is 23.0 Å². The molecule has 24 heavy (non-hydrogen) atoms. The Morgan fingerprint density at radius 2 is 2.12 bits per heavy atom. The van der Waals surface area contributed by atoms with Crippen molar-refractivity contribution in [2.24, 2.45) is 0 Å². The standard InChI is InChI=1S/C16H17BrN4O3/c1-10-14(15(22)20-8-3-2-7-13(20)16(23)24)18-19-21(10)12-6-4-5-11(17)9-12/h4-6,9,13H,2-3,7-8H2,1H3,(H,23,24). The van der Waals surface area contributed by atoms with Crippen molar-refractivity contribution in [2.75, 3.05) is 6.54 Å². The van der Waals surface area contributed by atoms with Crippen LogP contribution in [-0.4, -0.2) is 49.5 Å². The lowest BCUT2D eigenvalue weighted by Crippen LogP contribution is -2.48. The van der Waals surface area contributed by atoms with Gasteiger partial charge in [0.2, 0.25) is 0 Å². The predicted molar refractivity (Wildman–Crippen MR) is 90.1 cm³/mol. The number of carboxylic acids is 1. The number of likely N-dealkylation sites (tertiary alicyclic amines) is 1. The van der Waals surface area contributed by atoms with Crippen LogP contribution in [-0.2, 0) is 4.79 Å². The summed E-state index contributed by atoms with van der Waals surface area (Å²) in [6.45, 7) is 2.19. The van der Waals surface area contributed by atoms with Crippen LogP contribution in [0.25, 0.3) is 5.69 Å². The molecule has 1 aliphatic heterocycles. The summed E-state index contributed by atoms with van der Waals surface area (Å²) in [5.41, 5.74) is 1.57. The monoisotopic (exact) mass is 392 g/mol. The molecule has 1 amide bonds. The van der Waals surface area contributed by atoms with E-state index in [0.29, 0.717) is 18.7 Å². The zero-order chi connectivity index (χ0) is 17.3. The third-order valence-corrected chi connectivity index (χ3v) is 4.69. The molecule has 0 aliphatic carbocycles. The van der Waals surface area contributed by atoms with Crippen molar-refractivity contribution in [3.8, 4) is 5.69 Å². The second-order valence-electron chi connectivity index (χ2n) is 5.76. The molecule has 0 saturated carbocycles. The molecule has 0 radical (unpaired) electrons. The van der Waals surface area contributed by atoms with E-state index in [2.05, 4.69) is 26.2 Å². The molecule has 1 aliphatic rings. The van der Waals surface area contributed by atoms with E-state index in [4.69, 9.17) is 0 Å². The average molecular weight is 393 g/mol. The summed E-state index contributed by atoms with van der Waals surface area (Å²) in [5.74, 6) is -1.35. The summed E-state index contributed by atoms with van der Waals surface area (Å²) < 4.78 is 2.47. The molecular formula is C16H17BrN4O3. The van der Waals surface area contributed by atoms with Gasteiger partial charge in [-0.15, -0.1) is 5.10 Å². The van der Waals surface area contributed by atoms with Crippen molar-refractivity contribution < 1.29 is 14.7 Å². The summed E-state index contributed by atoms with van der Waals surface area (Å²) in [6.07, 6.45) is 2.08. The normalized spacial score (nSPS) is 17.8. The maximum atomic E-state index is 12.8. The fourth-order valence-corrected chi connectivity index (χ4v) is 3.33. The van der Waals surface area contributed by atoms with E-state index < -0.39 is 12.0 Å². The van der Waals surface area contributed by atoms with Crippen molar-refractivity contribution in [3.05, 3.63) is 40.1 Å². The number of nitrogens with zero attached hydrogens (tertiary/aromatic N) is 4. The zero-order valence-electron chi connectivity index (χ0n) is 13.1. The van der Waals surface area contributed by atoms with E-state index in [1.54, 1.807) is 11.6 Å². The lowest BCUT2D eigenvalue weighted by molar-refractivity contribution is -0.143. The van der Waals surface area contributed by atoms with Crippen molar-refractivity contribution in [2.45, 2.75) is 32.2 Å². The van der Waals surface area contributed by atoms with Crippen molar-refractivity contribution in [1.82, 2.24) is 19.9 Å². The summed E-state index contributed by atoms with van der Waals surface area (Å²) in [5, 5.41) is 17.4. The highest BCUT2D eigenvalue weighted by atomic mass is 79.9. The molecule has 2 heterocycles. The molecule has 2 aromatic rings. The molecule has 0 spiro atoms. The zero-order valence-corrected chi connectivity index (χ0v) is 14.7. The van der Waals surface area contributed by atoms with Crippen molar-refractivity contribution in [1.29, 1.82) is 0 Å². The lowest BCUT2D eigenvalue weighted by Gasteiger charge is -2.32. The molecule has 126 valence electrons. The summed E-state index contributed by atoms with van der Waals surface area (Å²) in [7, 11) is 0. The van der Waals surface area contributed by atoms with Gasteiger partial charge in [-0.25, -0.2) is 9.48 Å². The Bertz CT molecular complexity index is 789. The largest absolute Gasteiger partial charge is 0.480 e. The molecule has 8 heteroatoms. The van der Waals surface area contributed by atoms with Crippen molar-refractivity contribution in [3.63, 3.8) is 0 Å². The Hall–Kier alpha value is -2.22. The molecule has 1 N–H and O–H groups in total. The number of aromatic nitrogens is 3. The molecule has 1 atom stereocenters. The van der Waals surface area contributed by atoms with Gasteiger partial charge in [0.15, 0.2) is 5.69 Å². The number of aliphatic carboxylic acids is 1. The second-order valence-corrected chi connectivity index (χ2v) is 6.68. The van der Waals surface area contributed by atoms with Crippen LogP contribution in [0.3, 0.4) is 0 Å². The van der Waals surface area contributed by atoms with Crippen LogP contribution in [0.5, 0.6) is 0 Å². The van der Waals surface area contributed by atoms with Gasteiger partial charge < -0.3 is 10.0 Å². The Morgan fingerprint density at radius 1 is 1.33 bits per heavy atom. The molecule has 3 rings (SSSR count). The van der Waals surface area contributed by atoms with Gasteiger partial charge in [0.25, 0.3) is 5.91 Å². The molecule has 1 aromatic heterocycles. The first kappa shape index (κ1) is 16.6. The highest BCUT2D eigenvalue weighted by molar-refractivity contribution is 9.10. The number of hydrogen-bond acceptors (Lipinski definition) is 4. The van der Waals surface area contributed by atoms with Crippen LogP contribution in [0, 0.1) is 6.92 Å². The molecule has 1 fully saturated rings. The van der Waals surface area contributed by atoms with Gasteiger partial charge in [-0.1, -0.05) is 27.2 Å². The first-order valence-electron chi connectivity index (χ1n) is 7.71. The first-order chi connectivity index (χ1) is 11.5. The number of benzene rings is 1. The maximum Gasteiger partial charge on any atom is 0.326 e. The molecule has 0 bridgehead atoms. The highest BCUT2D eigenvalue weighted by Gasteiger charge is 2.34. The Kier molecular flexibility index (Phi) is 4.66. The number of halogens is 1. The second kappa shape index (κ2) is 6.72. The maximum absolute atomic E-state index is 12.8. The minimum Gasteiger partial charge on any atom is -0.480 e. The Balaban J connectivity index is 1.92. The summed E-state index contributed by atoms with van der Waals surface area (Å²) in [4.78, 5) is 25.6. The number of piperidine rings is 1. The molecule has 1 unspecified atom stereocenters. The van der Waals surface area contributed by atoms with Gasteiger partial charge in [0.1, 0.15) is 6.04 Å². The Morgan fingerprint density at radius 3 is 2.83 bits per heavy atom. The molecule has 1 aromatic carbocycles. The first-order valence-corrected chi connectivity index (χ1v) is 8.50. The van der Waals surface area contributed by atoms with Gasteiger partial charge in [-0.2, -0.15) is 0 Å². The number of amides is 1. The van der Waals surface area contributed by atoms with E-state index in [1.165, 1.54) is 4.90 Å². The SMILES string of the molecule is Cc1c(C(=O)N2CCCCC2C(=O)O)nnn1-c1cccc(Br)c1. The fraction of sp³-hybridized carbons (Fsp3) is 0.375. The number of hydrogen-bond donors (Lipinski definition) is 1. The minimum absolute atomic E-state index is 0.197. The van der Waals surface area contributed by atoms with Crippen molar-refractivity contribution >= 4 is 27.8 Å². The van der Waals surface area contributed by atoms with E-state index in [1.807, 2.05) is 24.3 Å².